The number of ether oxygens (including phenoxy) is 1. The molecule has 0 aliphatic carbocycles. The van der Waals surface area contributed by atoms with Gasteiger partial charge in [-0.1, -0.05) is 102 Å². The van der Waals surface area contributed by atoms with Crippen LogP contribution in [0.5, 0.6) is 5.75 Å². The molecule has 7 nitrogen and oxygen atoms in total. The molecule has 1 amide bonds. The van der Waals surface area contributed by atoms with E-state index in [4.69, 9.17) is 15.3 Å². The van der Waals surface area contributed by atoms with Crippen LogP contribution >= 0.6 is 0 Å². The molecule has 1 saturated heterocycles. The number of rotatable bonds is 7. The number of alkyl halides is 3. The Morgan fingerprint density at radius 3 is 2.07 bits per heavy atom. The van der Waals surface area contributed by atoms with E-state index in [2.05, 4.69) is 0 Å². The van der Waals surface area contributed by atoms with E-state index in [1.54, 1.807) is 48.5 Å². The number of nitrogens with zero attached hydrogens (tertiary/aromatic N) is 2. The van der Waals surface area contributed by atoms with Gasteiger partial charge in [-0.05, 0) is 34.4 Å². The van der Waals surface area contributed by atoms with Gasteiger partial charge in [-0.3, -0.25) is 10.5 Å². The van der Waals surface area contributed by atoms with E-state index in [0.29, 0.717) is 10.6 Å². The zero-order chi connectivity index (χ0) is 29.2. The summed E-state index contributed by atoms with van der Waals surface area (Å²) in [5.41, 5.74) is 6.80. The van der Waals surface area contributed by atoms with E-state index in [0.717, 1.165) is 16.0 Å². The molecule has 0 bridgehead atoms. The van der Waals surface area contributed by atoms with Gasteiger partial charge >= 0.3 is 12.1 Å². The lowest BCUT2D eigenvalue weighted by molar-refractivity contribution is -0.260. The molecule has 0 saturated carbocycles. The fourth-order valence-electron chi connectivity index (χ4n) is 4.89. The minimum atomic E-state index is -5.34. The summed E-state index contributed by atoms with van der Waals surface area (Å²) >= 11 is 0. The number of carbonyl (C=O) groups excluding carboxylic acids is 2. The summed E-state index contributed by atoms with van der Waals surface area (Å²) in [6.07, 6.45) is -6.89. The first-order valence-corrected chi connectivity index (χ1v) is 12.7. The average Bonchev–Trinajstić information content (AvgIpc) is 3.18. The van der Waals surface area contributed by atoms with Crippen molar-refractivity contribution >= 4 is 11.9 Å². The number of hydrogen-bond donors (Lipinski definition) is 1. The quantitative estimate of drug-likeness (QED) is 0.334. The molecule has 0 radical (unpaired) electrons. The van der Waals surface area contributed by atoms with Crippen LogP contribution in [0.15, 0.2) is 109 Å². The predicted molar refractivity (Wildman–Crippen MR) is 145 cm³/mol. The predicted octanol–water partition coefficient (Wildman–Crippen LogP) is 5.21. The second-order valence-corrected chi connectivity index (χ2v) is 9.46. The van der Waals surface area contributed by atoms with E-state index in [1.165, 1.54) is 7.05 Å². The normalized spacial score (nSPS) is 19.3. The van der Waals surface area contributed by atoms with Crippen LogP contribution < -0.4 is 10.5 Å². The lowest BCUT2D eigenvalue weighted by Crippen LogP contribution is -2.53. The molecule has 1 aliphatic rings. The molecule has 2 atom stereocenters. The van der Waals surface area contributed by atoms with Crippen molar-refractivity contribution in [2.45, 2.75) is 24.6 Å². The van der Waals surface area contributed by atoms with Crippen molar-refractivity contribution in [1.82, 2.24) is 9.96 Å². The van der Waals surface area contributed by atoms with E-state index < -0.39 is 29.9 Å². The molecular weight excluding hydrogens is 535 g/mol. The van der Waals surface area contributed by atoms with Crippen LogP contribution in [-0.4, -0.2) is 41.4 Å². The first kappa shape index (κ1) is 27.9. The Bertz CT molecular complexity index is 1540. The highest BCUT2D eigenvalue weighted by Gasteiger charge is 2.63. The van der Waals surface area contributed by atoms with Gasteiger partial charge < -0.3 is 14.5 Å². The van der Waals surface area contributed by atoms with Crippen LogP contribution in [0.4, 0.5) is 13.2 Å². The maximum Gasteiger partial charge on any atom is 0.492 e. The molecule has 10 heteroatoms. The first-order chi connectivity index (χ1) is 19.6. The minimum absolute atomic E-state index is 0.0990. The zero-order valence-corrected chi connectivity index (χ0v) is 21.9. The summed E-state index contributed by atoms with van der Waals surface area (Å²) in [6.45, 7) is 0.0990. The van der Waals surface area contributed by atoms with Gasteiger partial charge in [0.1, 0.15) is 12.4 Å². The molecule has 210 valence electrons. The molecule has 1 aliphatic heterocycles. The Morgan fingerprint density at radius 1 is 0.878 bits per heavy atom. The average molecular weight is 562 g/mol. The largest absolute Gasteiger partial charge is 0.492 e. The van der Waals surface area contributed by atoms with Crippen molar-refractivity contribution in [3.63, 3.8) is 0 Å². The third-order valence-corrected chi connectivity index (χ3v) is 6.92. The smallest absolute Gasteiger partial charge is 0.489 e. The molecule has 4 aromatic rings. The second-order valence-electron chi connectivity index (χ2n) is 9.46. The van der Waals surface area contributed by atoms with Crippen LogP contribution in [0.25, 0.3) is 11.1 Å². The maximum atomic E-state index is 14.2. The molecule has 0 spiro atoms. The second kappa shape index (κ2) is 11.1. The molecule has 41 heavy (non-hydrogen) atoms. The van der Waals surface area contributed by atoms with Crippen molar-refractivity contribution in [3.05, 3.63) is 126 Å². The molecular formula is C31H26F3N3O4. The van der Waals surface area contributed by atoms with Crippen molar-refractivity contribution in [3.8, 4) is 16.9 Å². The van der Waals surface area contributed by atoms with Crippen LogP contribution in [-0.2, 0) is 26.6 Å². The molecule has 2 unspecified atom stereocenters. The Hall–Kier alpha value is -4.67. The van der Waals surface area contributed by atoms with Crippen LogP contribution in [0.1, 0.15) is 16.7 Å². The molecule has 2 N–H and O–H groups in total. The van der Waals surface area contributed by atoms with Crippen molar-refractivity contribution < 1.29 is 32.3 Å². The van der Waals surface area contributed by atoms with Gasteiger partial charge in [0.15, 0.2) is 11.8 Å². The Morgan fingerprint density at radius 2 is 1.46 bits per heavy atom. The van der Waals surface area contributed by atoms with Gasteiger partial charge in [0, 0.05) is 12.6 Å². The Balaban J connectivity index is 1.77. The van der Waals surface area contributed by atoms with Gasteiger partial charge in [-0.25, -0.2) is 4.79 Å². The monoisotopic (exact) mass is 561 g/mol. The van der Waals surface area contributed by atoms with Gasteiger partial charge in [0.25, 0.3) is 5.91 Å². The molecule has 1 fully saturated rings. The van der Waals surface area contributed by atoms with E-state index >= 15 is 0 Å². The highest BCUT2D eigenvalue weighted by Crippen LogP contribution is 2.48. The van der Waals surface area contributed by atoms with Crippen LogP contribution in [0, 0.1) is 0 Å². The summed E-state index contributed by atoms with van der Waals surface area (Å²) in [4.78, 5) is 32.4. The lowest BCUT2D eigenvalue weighted by atomic mass is 9.80. The number of hydrogen-bond acceptors (Lipinski definition) is 6. The number of hydroxylamine groups is 2. The topological polar surface area (TPSA) is 85.1 Å². The van der Waals surface area contributed by atoms with Crippen molar-refractivity contribution in [2.75, 3.05) is 7.05 Å². The fraction of sp³-hybridized carbons (Fsp3) is 0.161. The zero-order valence-electron chi connectivity index (χ0n) is 21.9. The van der Waals surface area contributed by atoms with Gasteiger partial charge in [-0.15, -0.1) is 0 Å². The maximum absolute atomic E-state index is 14.2. The number of carbonyl (C=O) groups is 2. The first-order valence-electron chi connectivity index (χ1n) is 12.7. The summed E-state index contributed by atoms with van der Waals surface area (Å²) < 4.78 is 46.7. The molecule has 5 rings (SSSR count). The highest BCUT2D eigenvalue weighted by molar-refractivity contribution is 5.95. The van der Waals surface area contributed by atoms with E-state index in [1.807, 2.05) is 60.7 Å². The standard InChI is InChI=1S/C31H26F3N3O4/c1-36-27(38)30(24-15-9-4-10-16-24,37(29(36)35)41-28(39)31(32,33)34)25-19-23(22-13-7-3-8-14-22)17-18-26(25)40-20-21-11-5-2-6-12-21/h2-19,29H,20,35H2,1H3. The molecule has 4 aromatic carbocycles. The summed E-state index contributed by atoms with van der Waals surface area (Å²) in [5, 5.41) is 0.611. The summed E-state index contributed by atoms with van der Waals surface area (Å²) in [5.74, 6) is -3.02. The number of amides is 1. The summed E-state index contributed by atoms with van der Waals surface area (Å²) in [6, 6.07) is 31.6. The Labute approximate surface area is 234 Å². The third-order valence-electron chi connectivity index (χ3n) is 6.92. The molecule has 1 heterocycles. The molecule has 0 aromatic heterocycles. The SMILES string of the molecule is CN1C(=O)C(c2ccccc2)(c2cc(-c3ccccc3)ccc2OCc2ccccc2)N(OC(=O)C(F)(F)F)C1N. The van der Waals surface area contributed by atoms with Gasteiger partial charge in [0.05, 0.1) is 0 Å². The van der Waals surface area contributed by atoms with E-state index in [9.17, 15) is 22.8 Å². The number of nitrogens with two attached hydrogens (primary N) is 1. The third kappa shape index (κ3) is 5.15. The van der Waals surface area contributed by atoms with Gasteiger partial charge in [0.2, 0.25) is 0 Å². The Kier molecular flexibility index (Phi) is 7.53. The number of halogens is 3. The van der Waals surface area contributed by atoms with Crippen molar-refractivity contribution in [1.29, 1.82) is 0 Å². The van der Waals surface area contributed by atoms with Crippen LogP contribution in [0.2, 0.25) is 0 Å². The number of benzene rings is 4. The fourth-order valence-corrected chi connectivity index (χ4v) is 4.89. The lowest BCUT2D eigenvalue weighted by Gasteiger charge is -2.37. The van der Waals surface area contributed by atoms with E-state index in [-0.39, 0.29) is 23.5 Å². The van der Waals surface area contributed by atoms with Crippen molar-refractivity contribution in [2.24, 2.45) is 5.73 Å². The summed E-state index contributed by atoms with van der Waals surface area (Å²) in [7, 11) is 1.33. The number of likely N-dealkylation sites (N-methyl/N-ethyl adjacent to an activating group) is 1. The van der Waals surface area contributed by atoms with Crippen LogP contribution in [0.3, 0.4) is 0 Å². The minimum Gasteiger partial charge on any atom is -0.489 e. The van der Waals surface area contributed by atoms with Gasteiger partial charge in [-0.2, -0.15) is 13.2 Å². The highest BCUT2D eigenvalue weighted by atomic mass is 19.4.